The van der Waals surface area contributed by atoms with E-state index >= 15 is 0 Å². The molecular weight excluding hydrogens is 248 g/mol. The number of aldehydes is 1. The lowest BCUT2D eigenvalue weighted by molar-refractivity contribution is -0.137. The minimum absolute atomic E-state index is 0.139. The molecule has 1 N–H and O–H groups in total. The summed E-state index contributed by atoms with van der Waals surface area (Å²) in [5.41, 5.74) is -0.736. The van der Waals surface area contributed by atoms with E-state index in [1.165, 1.54) is 4.90 Å². The Hall–Kier alpha value is -1.59. The molecule has 1 atom stereocenters. The Morgan fingerprint density at radius 3 is 2.74 bits per heavy atom. The Balaban J connectivity index is 2.39. The van der Waals surface area contributed by atoms with E-state index in [1.807, 2.05) is 13.8 Å². The van der Waals surface area contributed by atoms with Gasteiger partial charge in [-0.3, -0.25) is 4.79 Å². The quantitative estimate of drug-likeness (QED) is 0.755. The fourth-order valence-electron chi connectivity index (χ4n) is 2.05. The second-order valence-corrected chi connectivity index (χ2v) is 5.47. The lowest BCUT2D eigenvalue weighted by atomic mass is 10.0. The summed E-state index contributed by atoms with van der Waals surface area (Å²) in [6.45, 7) is 6.32. The van der Waals surface area contributed by atoms with E-state index in [0.717, 1.165) is 12.7 Å². The molecule has 6 heteroatoms. The predicted molar refractivity (Wildman–Crippen MR) is 69.6 cm³/mol. The number of hydrogen-bond acceptors (Lipinski definition) is 4. The Bertz CT molecular complexity index is 357. The van der Waals surface area contributed by atoms with Gasteiger partial charge < -0.3 is 19.7 Å². The van der Waals surface area contributed by atoms with Crippen LogP contribution in [0.15, 0.2) is 0 Å². The number of nitrogens with zero attached hydrogens (tertiary/aromatic N) is 1. The molecule has 0 aliphatic carbocycles. The summed E-state index contributed by atoms with van der Waals surface area (Å²) < 4.78 is 4.90. The second-order valence-electron chi connectivity index (χ2n) is 5.47. The number of carbonyl (C=O) groups excluding carboxylic acids is 3. The molecule has 0 aromatic carbocycles. The largest absolute Gasteiger partial charge is 0.449 e. The number of likely N-dealkylation sites (tertiary alicyclic amines) is 1. The molecule has 108 valence electrons. The van der Waals surface area contributed by atoms with E-state index in [1.54, 1.807) is 6.92 Å². The first-order valence-corrected chi connectivity index (χ1v) is 6.56. The van der Waals surface area contributed by atoms with Crippen molar-refractivity contribution in [2.45, 2.75) is 39.2 Å². The van der Waals surface area contributed by atoms with Crippen LogP contribution >= 0.6 is 0 Å². The van der Waals surface area contributed by atoms with Crippen molar-refractivity contribution in [2.24, 2.45) is 5.92 Å². The third-order valence-electron chi connectivity index (χ3n) is 3.17. The van der Waals surface area contributed by atoms with Gasteiger partial charge in [-0.1, -0.05) is 13.8 Å². The zero-order chi connectivity index (χ0) is 14.5. The Kier molecular flexibility index (Phi) is 5.32. The van der Waals surface area contributed by atoms with Gasteiger partial charge in [-0.2, -0.15) is 0 Å². The van der Waals surface area contributed by atoms with Crippen molar-refractivity contribution < 1.29 is 19.1 Å². The average Bonchev–Trinajstić information content (AvgIpc) is 2.76. The van der Waals surface area contributed by atoms with Crippen LogP contribution < -0.4 is 5.32 Å². The number of nitrogens with one attached hydrogen (secondary N) is 1. The van der Waals surface area contributed by atoms with Crippen LogP contribution in [0.5, 0.6) is 0 Å². The smallest absolute Gasteiger partial charge is 0.407 e. The van der Waals surface area contributed by atoms with Crippen LogP contribution in [0, 0.1) is 5.92 Å². The van der Waals surface area contributed by atoms with Crippen molar-refractivity contribution in [1.29, 1.82) is 0 Å². The van der Waals surface area contributed by atoms with Gasteiger partial charge in [0.2, 0.25) is 5.91 Å². The molecule has 0 aromatic rings. The standard InChI is InChI=1S/C13H22N2O4/c1-10(2)8-19-12(18)14-7-11(17)15-6-4-5-13(15,3)9-16/h9-10H,4-8H2,1-3H3,(H,14,18). The fraction of sp³-hybridized carbons (Fsp3) is 0.769. The molecule has 1 unspecified atom stereocenters. The molecule has 1 aliphatic rings. The molecule has 1 heterocycles. The number of rotatable bonds is 5. The predicted octanol–water partition coefficient (Wildman–Crippen LogP) is 0.949. The van der Waals surface area contributed by atoms with Crippen LogP contribution in [0.1, 0.15) is 33.6 Å². The van der Waals surface area contributed by atoms with Gasteiger partial charge in [0.05, 0.1) is 12.1 Å². The van der Waals surface area contributed by atoms with E-state index < -0.39 is 11.6 Å². The van der Waals surface area contributed by atoms with Crippen LogP contribution in [0.2, 0.25) is 0 Å². The van der Waals surface area contributed by atoms with Crippen LogP contribution in [-0.4, -0.2) is 48.4 Å². The van der Waals surface area contributed by atoms with Crippen molar-refractivity contribution in [3.8, 4) is 0 Å². The minimum atomic E-state index is -0.736. The number of amides is 2. The van der Waals surface area contributed by atoms with Gasteiger partial charge in [0, 0.05) is 6.54 Å². The zero-order valence-electron chi connectivity index (χ0n) is 11.8. The maximum Gasteiger partial charge on any atom is 0.407 e. The van der Waals surface area contributed by atoms with Gasteiger partial charge in [0.25, 0.3) is 0 Å². The molecule has 2 amide bonds. The molecule has 6 nitrogen and oxygen atoms in total. The van der Waals surface area contributed by atoms with Gasteiger partial charge in [-0.15, -0.1) is 0 Å². The number of carbonyl (C=O) groups is 3. The highest BCUT2D eigenvalue weighted by Crippen LogP contribution is 2.26. The lowest BCUT2D eigenvalue weighted by Gasteiger charge is -2.30. The molecule has 19 heavy (non-hydrogen) atoms. The third kappa shape index (κ3) is 4.22. The Labute approximate surface area is 113 Å². The number of hydrogen-bond donors (Lipinski definition) is 1. The number of alkyl carbamates (subject to hydrolysis) is 1. The van der Waals surface area contributed by atoms with E-state index in [9.17, 15) is 14.4 Å². The van der Waals surface area contributed by atoms with Crippen molar-refractivity contribution in [1.82, 2.24) is 10.2 Å². The number of ether oxygens (including phenoxy) is 1. The summed E-state index contributed by atoms with van der Waals surface area (Å²) in [6.07, 6.45) is 1.67. The molecule has 0 saturated carbocycles. The molecule has 0 radical (unpaired) electrons. The SMILES string of the molecule is CC(C)COC(=O)NCC(=O)N1CCCC1(C)C=O. The fourth-order valence-corrected chi connectivity index (χ4v) is 2.05. The minimum Gasteiger partial charge on any atom is -0.449 e. The lowest BCUT2D eigenvalue weighted by Crippen LogP contribution is -2.50. The highest BCUT2D eigenvalue weighted by Gasteiger charge is 2.39. The first kappa shape index (κ1) is 15.5. The Morgan fingerprint density at radius 1 is 1.47 bits per heavy atom. The monoisotopic (exact) mass is 270 g/mol. The third-order valence-corrected chi connectivity index (χ3v) is 3.17. The van der Waals surface area contributed by atoms with Crippen LogP contribution in [-0.2, 0) is 14.3 Å². The van der Waals surface area contributed by atoms with Crippen LogP contribution in [0.25, 0.3) is 0 Å². The normalized spacial score (nSPS) is 22.4. The molecule has 1 aliphatic heterocycles. The summed E-state index contributed by atoms with van der Waals surface area (Å²) >= 11 is 0. The average molecular weight is 270 g/mol. The van der Waals surface area contributed by atoms with Crippen LogP contribution in [0.3, 0.4) is 0 Å². The van der Waals surface area contributed by atoms with E-state index in [-0.39, 0.29) is 18.4 Å². The molecular formula is C13H22N2O4. The Morgan fingerprint density at radius 2 is 2.16 bits per heavy atom. The highest BCUT2D eigenvalue weighted by atomic mass is 16.5. The molecule has 0 bridgehead atoms. The summed E-state index contributed by atoms with van der Waals surface area (Å²) in [4.78, 5) is 35.9. The summed E-state index contributed by atoms with van der Waals surface area (Å²) in [5, 5.41) is 2.41. The van der Waals surface area contributed by atoms with Crippen LogP contribution in [0.4, 0.5) is 4.79 Å². The first-order valence-electron chi connectivity index (χ1n) is 6.56. The molecule has 1 saturated heterocycles. The summed E-state index contributed by atoms with van der Waals surface area (Å²) in [7, 11) is 0. The van der Waals surface area contributed by atoms with E-state index in [4.69, 9.17) is 4.74 Å². The molecule has 1 rings (SSSR count). The van der Waals surface area contributed by atoms with Crippen molar-refractivity contribution >= 4 is 18.3 Å². The topological polar surface area (TPSA) is 75.7 Å². The molecule has 0 aromatic heterocycles. The maximum atomic E-state index is 12.0. The summed E-state index contributed by atoms with van der Waals surface area (Å²) in [6, 6.07) is 0. The van der Waals surface area contributed by atoms with Gasteiger partial charge in [0.1, 0.15) is 12.8 Å². The zero-order valence-corrected chi connectivity index (χ0v) is 11.8. The summed E-state index contributed by atoms with van der Waals surface area (Å²) in [5.74, 6) is -0.00742. The highest BCUT2D eigenvalue weighted by molar-refractivity contribution is 5.86. The van der Waals surface area contributed by atoms with Crippen molar-refractivity contribution in [3.05, 3.63) is 0 Å². The first-order chi connectivity index (χ1) is 8.89. The van der Waals surface area contributed by atoms with Crippen molar-refractivity contribution in [2.75, 3.05) is 19.7 Å². The molecule has 0 spiro atoms. The maximum absolute atomic E-state index is 12.0. The van der Waals surface area contributed by atoms with E-state index in [2.05, 4.69) is 5.32 Å². The van der Waals surface area contributed by atoms with Gasteiger partial charge in [-0.05, 0) is 25.7 Å². The second kappa shape index (κ2) is 6.54. The molecule has 1 fully saturated rings. The van der Waals surface area contributed by atoms with Gasteiger partial charge in [0.15, 0.2) is 0 Å². The van der Waals surface area contributed by atoms with Gasteiger partial charge in [-0.25, -0.2) is 4.79 Å². The van der Waals surface area contributed by atoms with Gasteiger partial charge >= 0.3 is 6.09 Å². The van der Waals surface area contributed by atoms with E-state index in [0.29, 0.717) is 19.6 Å². The van der Waals surface area contributed by atoms with Crippen molar-refractivity contribution in [3.63, 3.8) is 0 Å².